The summed E-state index contributed by atoms with van der Waals surface area (Å²) in [6.07, 6.45) is 2.98. The van der Waals surface area contributed by atoms with Gasteiger partial charge in [-0.15, -0.1) is 0 Å². The maximum Gasteiger partial charge on any atom is 0.220 e. The van der Waals surface area contributed by atoms with Crippen LogP contribution in [0.2, 0.25) is 0 Å². The predicted molar refractivity (Wildman–Crippen MR) is 41.1 cm³/mol. The van der Waals surface area contributed by atoms with E-state index in [1.165, 1.54) is 0 Å². The summed E-state index contributed by atoms with van der Waals surface area (Å²) in [5.41, 5.74) is 0. The Balaban J connectivity index is 2.34. The monoisotopic (exact) mass is 155 g/mol. The number of ketones is 1. The SMILES string of the molecule is CC(=O)C[C@@H]1CCCC(=O)N1. The zero-order valence-electron chi connectivity index (χ0n) is 6.72. The van der Waals surface area contributed by atoms with Gasteiger partial charge in [0.05, 0.1) is 0 Å². The lowest BCUT2D eigenvalue weighted by Gasteiger charge is -2.21. The first-order valence-electron chi connectivity index (χ1n) is 3.97. The van der Waals surface area contributed by atoms with Gasteiger partial charge < -0.3 is 5.32 Å². The van der Waals surface area contributed by atoms with Gasteiger partial charge in [-0.2, -0.15) is 0 Å². The van der Waals surface area contributed by atoms with E-state index in [1.54, 1.807) is 6.92 Å². The summed E-state index contributed by atoms with van der Waals surface area (Å²) in [4.78, 5) is 21.5. The number of carbonyl (C=O) groups is 2. The van der Waals surface area contributed by atoms with Crippen LogP contribution in [0.5, 0.6) is 0 Å². The second-order valence-electron chi connectivity index (χ2n) is 3.06. The lowest BCUT2D eigenvalue weighted by atomic mass is 10.0. The molecule has 62 valence electrons. The van der Waals surface area contributed by atoms with Gasteiger partial charge in [0.2, 0.25) is 5.91 Å². The Morgan fingerprint density at radius 2 is 2.45 bits per heavy atom. The van der Waals surface area contributed by atoms with E-state index >= 15 is 0 Å². The van der Waals surface area contributed by atoms with Gasteiger partial charge in [-0.05, 0) is 19.8 Å². The van der Waals surface area contributed by atoms with Crippen LogP contribution in [-0.4, -0.2) is 17.7 Å². The van der Waals surface area contributed by atoms with Crippen molar-refractivity contribution in [2.45, 2.75) is 38.6 Å². The zero-order valence-corrected chi connectivity index (χ0v) is 6.72. The minimum atomic E-state index is 0.0856. The van der Waals surface area contributed by atoms with Crippen molar-refractivity contribution in [1.82, 2.24) is 5.32 Å². The molecule has 0 spiro atoms. The molecule has 0 bridgehead atoms. The average molecular weight is 155 g/mol. The Kier molecular flexibility index (Phi) is 2.63. The van der Waals surface area contributed by atoms with E-state index in [4.69, 9.17) is 0 Å². The van der Waals surface area contributed by atoms with E-state index in [-0.39, 0.29) is 17.7 Å². The van der Waals surface area contributed by atoms with Crippen LogP contribution in [0, 0.1) is 0 Å². The molecular formula is C8H13NO2. The minimum absolute atomic E-state index is 0.0856. The molecule has 3 heteroatoms. The normalized spacial score (nSPS) is 24.5. The third kappa shape index (κ3) is 2.70. The Morgan fingerprint density at radius 3 is 3.00 bits per heavy atom. The first kappa shape index (κ1) is 8.24. The fourth-order valence-electron chi connectivity index (χ4n) is 1.38. The first-order valence-corrected chi connectivity index (χ1v) is 3.97. The molecule has 3 nitrogen and oxygen atoms in total. The molecular weight excluding hydrogens is 142 g/mol. The molecule has 0 aliphatic carbocycles. The molecule has 0 aromatic rings. The van der Waals surface area contributed by atoms with Crippen LogP contribution < -0.4 is 5.32 Å². The van der Waals surface area contributed by atoms with Gasteiger partial charge in [0.25, 0.3) is 0 Å². The molecule has 1 atom stereocenters. The van der Waals surface area contributed by atoms with Crippen LogP contribution in [0.4, 0.5) is 0 Å². The van der Waals surface area contributed by atoms with Crippen LogP contribution in [-0.2, 0) is 9.59 Å². The molecule has 1 amide bonds. The summed E-state index contributed by atoms with van der Waals surface area (Å²) in [5.74, 6) is 0.236. The average Bonchev–Trinajstić information content (AvgIpc) is 1.85. The number of carbonyl (C=O) groups excluding carboxylic acids is 2. The molecule has 1 rings (SSSR count). The van der Waals surface area contributed by atoms with E-state index in [0.717, 1.165) is 12.8 Å². The molecule has 1 aliphatic heterocycles. The number of hydrogen-bond donors (Lipinski definition) is 1. The summed E-state index contributed by atoms with van der Waals surface area (Å²) in [6.45, 7) is 1.56. The predicted octanol–water partition coefficient (Wildman–Crippen LogP) is 0.634. The van der Waals surface area contributed by atoms with E-state index in [0.29, 0.717) is 12.8 Å². The maximum atomic E-state index is 10.8. The van der Waals surface area contributed by atoms with Crippen molar-refractivity contribution in [2.24, 2.45) is 0 Å². The van der Waals surface area contributed by atoms with E-state index < -0.39 is 0 Å². The van der Waals surface area contributed by atoms with Crippen molar-refractivity contribution in [3.8, 4) is 0 Å². The van der Waals surface area contributed by atoms with Gasteiger partial charge in [0.15, 0.2) is 0 Å². The van der Waals surface area contributed by atoms with E-state index in [2.05, 4.69) is 5.32 Å². The fourth-order valence-corrected chi connectivity index (χ4v) is 1.38. The fraction of sp³-hybridized carbons (Fsp3) is 0.750. The summed E-state index contributed by atoms with van der Waals surface area (Å²) < 4.78 is 0. The van der Waals surface area contributed by atoms with Gasteiger partial charge >= 0.3 is 0 Å². The molecule has 0 unspecified atom stereocenters. The topological polar surface area (TPSA) is 46.2 Å². The summed E-state index contributed by atoms with van der Waals surface area (Å²) in [5, 5.41) is 2.79. The summed E-state index contributed by atoms with van der Waals surface area (Å²) in [7, 11) is 0. The standard InChI is InChI=1S/C8H13NO2/c1-6(10)5-7-3-2-4-8(11)9-7/h7H,2-5H2,1H3,(H,9,11)/t7-/m0/s1. The number of hydrogen-bond acceptors (Lipinski definition) is 2. The van der Waals surface area contributed by atoms with Crippen molar-refractivity contribution in [3.63, 3.8) is 0 Å². The summed E-state index contributed by atoms with van der Waals surface area (Å²) >= 11 is 0. The van der Waals surface area contributed by atoms with Gasteiger partial charge in [-0.25, -0.2) is 0 Å². The van der Waals surface area contributed by atoms with Gasteiger partial charge in [-0.3, -0.25) is 9.59 Å². The van der Waals surface area contributed by atoms with Crippen molar-refractivity contribution >= 4 is 11.7 Å². The minimum Gasteiger partial charge on any atom is -0.353 e. The molecule has 0 aromatic heterocycles. The number of nitrogens with one attached hydrogen (secondary N) is 1. The van der Waals surface area contributed by atoms with Crippen LogP contribution in [0.15, 0.2) is 0 Å². The highest BCUT2D eigenvalue weighted by atomic mass is 16.2. The van der Waals surface area contributed by atoms with E-state index in [1.807, 2.05) is 0 Å². The van der Waals surface area contributed by atoms with Crippen LogP contribution >= 0.6 is 0 Å². The molecule has 1 heterocycles. The third-order valence-corrected chi connectivity index (χ3v) is 1.86. The second-order valence-corrected chi connectivity index (χ2v) is 3.06. The second kappa shape index (κ2) is 3.51. The quantitative estimate of drug-likeness (QED) is 0.636. The van der Waals surface area contributed by atoms with Crippen molar-refractivity contribution in [2.75, 3.05) is 0 Å². The number of amides is 1. The first-order chi connectivity index (χ1) is 5.18. The lowest BCUT2D eigenvalue weighted by Crippen LogP contribution is -2.39. The van der Waals surface area contributed by atoms with Gasteiger partial charge in [0, 0.05) is 18.9 Å². The number of rotatable bonds is 2. The summed E-state index contributed by atoms with van der Waals surface area (Å²) in [6, 6.07) is 0.105. The van der Waals surface area contributed by atoms with Gasteiger partial charge in [-0.1, -0.05) is 0 Å². The molecule has 1 aliphatic rings. The molecule has 1 saturated heterocycles. The van der Waals surface area contributed by atoms with Crippen LogP contribution in [0.1, 0.15) is 32.6 Å². The molecule has 11 heavy (non-hydrogen) atoms. The highest BCUT2D eigenvalue weighted by Gasteiger charge is 2.18. The number of Topliss-reactive ketones (excluding diaryl/α,β-unsaturated/α-hetero) is 1. The molecule has 1 fully saturated rings. The lowest BCUT2D eigenvalue weighted by molar-refractivity contribution is -0.124. The number of piperidine rings is 1. The van der Waals surface area contributed by atoms with Crippen molar-refractivity contribution < 1.29 is 9.59 Å². The smallest absolute Gasteiger partial charge is 0.220 e. The highest BCUT2D eigenvalue weighted by molar-refractivity contribution is 5.80. The Labute approximate surface area is 66.2 Å². The maximum absolute atomic E-state index is 10.8. The highest BCUT2D eigenvalue weighted by Crippen LogP contribution is 2.10. The molecule has 0 saturated carbocycles. The van der Waals surface area contributed by atoms with Gasteiger partial charge in [0.1, 0.15) is 5.78 Å². The largest absolute Gasteiger partial charge is 0.353 e. The van der Waals surface area contributed by atoms with Crippen LogP contribution in [0.3, 0.4) is 0 Å². The zero-order chi connectivity index (χ0) is 8.27. The molecule has 0 aromatic carbocycles. The van der Waals surface area contributed by atoms with Crippen molar-refractivity contribution in [3.05, 3.63) is 0 Å². The molecule has 0 radical (unpaired) electrons. The Morgan fingerprint density at radius 1 is 1.73 bits per heavy atom. The van der Waals surface area contributed by atoms with Crippen LogP contribution in [0.25, 0.3) is 0 Å². The van der Waals surface area contributed by atoms with Crippen molar-refractivity contribution in [1.29, 1.82) is 0 Å². The molecule has 1 N–H and O–H groups in total. The third-order valence-electron chi connectivity index (χ3n) is 1.86. The Bertz CT molecular complexity index is 175. The Hall–Kier alpha value is -0.860. The van der Waals surface area contributed by atoms with E-state index in [9.17, 15) is 9.59 Å².